The van der Waals surface area contributed by atoms with E-state index < -0.39 is 0 Å². The molecule has 2 atom stereocenters. The Kier molecular flexibility index (Phi) is 6.01. The lowest BCUT2D eigenvalue weighted by atomic mass is 9.74. The predicted octanol–water partition coefficient (Wildman–Crippen LogP) is 6.42. The molecule has 0 heterocycles. The predicted molar refractivity (Wildman–Crippen MR) is 102 cm³/mol. The average molecular weight is 331 g/mol. The Bertz CT molecular complexity index is 575. The summed E-state index contributed by atoms with van der Waals surface area (Å²) in [5.41, 5.74) is 3.07. The van der Waals surface area contributed by atoms with Gasteiger partial charge in [0.15, 0.2) is 0 Å². The van der Waals surface area contributed by atoms with Crippen molar-refractivity contribution in [3.05, 3.63) is 34.9 Å². The highest BCUT2D eigenvalue weighted by molar-refractivity contribution is 5.52. The van der Waals surface area contributed by atoms with Crippen LogP contribution in [-0.4, -0.2) is 10.2 Å². The van der Waals surface area contributed by atoms with Gasteiger partial charge >= 0.3 is 0 Å². The van der Waals surface area contributed by atoms with Crippen LogP contribution in [0, 0.1) is 5.92 Å². The Hall–Kier alpha value is -1.44. The Balaban J connectivity index is 2.41. The first-order chi connectivity index (χ1) is 11.3. The molecule has 134 valence electrons. The third kappa shape index (κ3) is 3.96. The van der Waals surface area contributed by atoms with E-state index in [0.29, 0.717) is 5.92 Å². The molecule has 0 fully saturated rings. The molecule has 1 aliphatic carbocycles. The zero-order chi connectivity index (χ0) is 17.9. The number of benzene rings is 1. The maximum Gasteiger partial charge on any atom is 0.123 e. The molecule has 0 spiro atoms. The van der Waals surface area contributed by atoms with Crippen molar-refractivity contribution >= 4 is 0 Å². The van der Waals surface area contributed by atoms with Crippen LogP contribution in [0.5, 0.6) is 11.5 Å². The van der Waals surface area contributed by atoms with Crippen molar-refractivity contribution in [1.82, 2.24) is 0 Å². The Morgan fingerprint density at radius 1 is 1.12 bits per heavy atom. The minimum atomic E-state index is -0.0357. The maximum atomic E-state index is 10.7. The van der Waals surface area contributed by atoms with Crippen LogP contribution < -0.4 is 0 Å². The van der Waals surface area contributed by atoms with Gasteiger partial charge in [0.2, 0.25) is 0 Å². The van der Waals surface area contributed by atoms with Gasteiger partial charge in [-0.2, -0.15) is 0 Å². The summed E-state index contributed by atoms with van der Waals surface area (Å²) in [7, 11) is 0. The van der Waals surface area contributed by atoms with Crippen molar-refractivity contribution in [2.24, 2.45) is 5.92 Å². The van der Waals surface area contributed by atoms with Crippen LogP contribution in [0.1, 0.15) is 90.2 Å². The number of unbranched alkanes of at least 4 members (excludes halogenated alkanes) is 1. The molecule has 1 aromatic rings. The molecule has 0 amide bonds. The van der Waals surface area contributed by atoms with E-state index in [4.69, 9.17) is 0 Å². The zero-order valence-electron chi connectivity index (χ0n) is 16.0. The van der Waals surface area contributed by atoms with Gasteiger partial charge in [0.05, 0.1) is 0 Å². The highest BCUT2D eigenvalue weighted by Crippen LogP contribution is 2.46. The van der Waals surface area contributed by atoms with Crippen molar-refractivity contribution in [3.63, 3.8) is 0 Å². The van der Waals surface area contributed by atoms with Crippen molar-refractivity contribution in [3.8, 4) is 11.5 Å². The molecule has 2 rings (SSSR count). The minimum absolute atomic E-state index is 0.0357. The number of phenolic OH excluding ortho intramolecular Hbond substituents is 2. The standard InChI is InChI=1S/C22H34O2/c1-6-8-11-22(4,5)17-13-19(23)21(20(24)14-17)18-12-15(3)9-10-16(18)7-2/h12-14,16,18,23-24H,6-11H2,1-5H3. The van der Waals surface area contributed by atoms with E-state index >= 15 is 0 Å². The highest BCUT2D eigenvalue weighted by atomic mass is 16.3. The summed E-state index contributed by atoms with van der Waals surface area (Å²) in [6.45, 7) is 10.9. The minimum Gasteiger partial charge on any atom is -0.507 e. The van der Waals surface area contributed by atoms with Crippen molar-refractivity contribution in [2.75, 3.05) is 0 Å². The fourth-order valence-electron chi connectivity index (χ4n) is 4.01. The van der Waals surface area contributed by atoms with Crippen molar-refractivity contribution in [2.45, 2.75) is 84.5 Å². The lowest BCUT2D eigenvalue weighted by molar-refractivity contribution is 0.370. The van der Waals surface area contributed by atoms with Crippen LogP contribution in [-0.2, 0) is 5.41 Å². The Morgan fingerprint density at radius 3 is 2.29 bits per heavy atom. The molecule has 2 heteroatoms. The van der Waals surface area contributed by atoms with Crippen molar-refractivity contribution in [1.29, 1.82) is 0 Å². The van der Waals surface area contributed by atoms with Crippen molar-refractivity contribution < 1.29 is 10.2 Å². The van der Waals surface area contributed by atoms with Crippen LogP contribution in [0.4, 0.5) is 0 Å². The molecule has 24 heavy (non-hydrogen) atoms. The molecule has 0 aliphatic heterocycles. The number of hydrogen-bond donors (Lipinski definition) is 2. The van der Waals surface area contributed by atoms with Crippen LogP contribution in [0.15, 0.2) is 23.8 Å². The molecular weight excluding hydrogens is 296 g/mol. The fraction of sp³-hybridized carbons (Fsp3) is 0.636. The Labute approximate surface area is 147 Å². The van der Waals surface area contributed by atoms with E-state index in [9.17, 15) is 10.2 Å². The second-order valence-corrected chi connectivity index (χ2v) is 8.16. The smallest absolute Gasteiger partial charge is 0.123 e. The average Bonchev–Trinajstić information content (AvgIpc) is 2.52. The van der Waals surface area contributed by atoms with Gasteiger partial charge in [0.25, 0.3) is 0 Å². The lowest BCUT2D eigenvalue weighted by Gasteiger charge is -2.31. The highest BCUT2D eigenvalue weighted by Gasteiger charge is 2.30. The second kappa shape index (κ2) is 7.63. The summed E-state index contributed by atoms with van der Waals surface area (Å²) in [4.78, 5) is 0. The summed E-state index contributed by atoms with van der Waals surface area (Å²) in [6, 6.07) is 3.77. The molecule has 2 N–H and O–H groups in total. The molecule has 2 unspecified atom stereocenters. The van der Waals surface area contributed by atoms with Gasteiger partial charge in [-0.3, -0.25) is 0 Å². The fourth-order valence-corrected chi connectivity index (χ4v) is 4.01. The van der Waals surface area contributed by atoms with E-state index in [1.54, 1.807) is 0 Å². The third-order valence-electron chi connectivity index (χ3n) is 5.81. The first kappa shape index (κ1) is 18.9. The van der Waals surface area contributed by atoms with Crippen LogP contribution >= 0.6 is 0 Å². The van der Waals surface area contributed by atoms with E-state index in [1.165, 1.54) is 5.57 Å². The molecule has 1 aromatic carbocycles. The molecule has 0 saturated heterocycles. The Morgan fingerprint density at radius 2 is 1.75 bits per heavy atom. The monoisotopic (exact) mass is 330 g/mol. The SMILES string of the molecule is CCCCC(C)(C)c1cc(O)c(C2C=C(C)CCC2CC)c(O)c1. The van der Waals surface area contributed by atoms with Gasteiger partial charge in [-0.25, -0.2) is 0 Å². The normalized spacial score (nSPS) is 21.6. The molecule has 0 aromatic heterocycles. The number of aromatic hydroxyl groups is 2. The number of hydrogen-bond acceptors (Lipinski definition) is 2. The van der Waals surface area contributed by atoms with E-state index in [1.807, 2.05) is 12.1 Å². The van der Waals surface area contributed by atoms with Gasteiger partial charge in [0.1, 0.15) is 11.5 Å². The van der Waals surface area contributed by atoms with E-state index in [-0.39, 0.29) is 22.8 Å². The van der Waals surface area contributed by atoms with Crippen LogP contribution in [0.2, 0.25) is 0 Å². The summed E-state index contributed by atoms with van der Waals surface area (Å²) in [5, 5.41) is 21.4. The number of phenols is 2. The summed E-state index contributed by atoms with van der Waals surface area (Å²) in [6.07, 6.45) is 8.93. The third-order valence-corrected chi connectivity index (χ3v) is 5.81. The maximum absolute atomic E-state index is 10.7. The lowest BCUT2D eigenvalue weighted by Crippen LogP contribution is -2.19. The summed E-state index contributed by atoms with van der Waals surface area (Å²) in [5.74, 6) is 1.12. The molecule has 2 nitrogen and oxygen atoms in total. The molecule has 0 bridgehead atoms. The molecular formula is C22H34O2. The van der Waals surface area contributed by atoms with Crippen LogP contribution in [0.25, 0.3) is 0 Å². The second-order valence-electron chi connectivity index (χ2n) is 8.16. The summed E-state index contributed by atoms with van der Waals surface area (Å²) < 4.78 is 0. The van der Waals surface area contributed by atoms with Gasteiger partial charge in [-0.05, 0) is 55.2 Å². The molecule has 0 saturated carbocycles. The van der Waals surface area contributed by atoms with Gasteiger partial charge < -0.3 is 10.2 Å². The van der Waals surface area contributed by atoms with Gasteiger partial charge in [0, 0.05) is 11.5 Å². The molecule has 1 aliphatic rings. The first-order valence-corrected chi connectivity index (χ1v) is 9.53. The largest absolute Gasteiger partial charge is 0.507 e. The van der Waals surface area contributed by atoms with Crippen LogP contribution in [0.3, 0.4) is 0 Å². The topological polar surface area (TPSA) is 40.5 Å². The van der Waals surface area contributed by atoms with E-state index in [2.05, 4.69) is 40.7 Å². The first-order valence-electron chi connectivity index (χ1n) is 9.53. The van der Waals surface area contributed by atoms with Gasteiger partial charge in [-0.1, -0.05) is 58.6 Å². The zero-order valence-corrected chi connectivity index (χ0v) is 16.0. The number of rotatable bonds is 6. The number of allylic oxidation sites excluding steroid dienone is 2. The van der Waals surface area contributed by atoms with Gasteiger partial charge in [-0.15, -0.1) is 0 Å². The summed E-state index contributed by atoms with van der Waals surface area (Å²) >= 11 is 0. The quantitative estimate of drug-likeness (QED) is 0.591. The molecule has 0 radical (unpaired) electrons. The van der Waals surface area contributed by atoms with E-state index in [0.717, 1.165) is 49.7 Å².